The second-order valence-electron chi connectivity index (χ2n) is 10.1. The normalized spacial score (nSPS) is 14.1. The van der Waals surface area contributed by atoms with Crippen molar-refractivity contribution in [2.24, 2.45) is 5.92 Å². The molecule has 1 aromatic carbocycles. The number of pyridine rings is 3. The second kappa shape index (κ2) is 9.96. The number of anilines is 1. The van der Waals surface area contributed by atoms with E-state index >= 15 is 0 Å². The van der Waals surface area contributed by atoms with E-state index in [-0.39, 0.29) is 17.6 Å². The highest BCUT2D eigenvalue weighted by Gasteiger charge is 2.22. The molecule has 5 aromatic heterocycles. The molecule has 9 nitrogen and oxygen atoms in total. The lowest BCUT2D eigenvalue weighted by Gasteiger charge is -2.20. The number of rotatable bonds is 5. The standard InChI is InChI=1S/C30H25FN8O/c31-20-8-4-7-18(11-20)22-15-33-16-25-26(22)37-29(36-25)28-27-24(38-39-28)10-9-23(35-27)19-12-21(14-32-13-19)34-30(40)17-5-2-1-3-6-17/h4,7-17H,1-3,5-6H2,(H,34,40)(H,36,37)(H,38,39). The van der Waals surface area contributed by atoms with Crippen LogP contribution in [0.3, 0.4) is 0 Å². The predicted octanol–water partition coefficient (Wildman–Crippen LogP) is 6.28. The van der Waals surface area contributed by atoms with Crippen molar-refractivity contribution in [3.63, 3.8) is 0 Å². The zero-order valence-electron chi connectivity index (χ0n) is 21.5. The minimum Gasteiger partial charge on any atom is -0.335 e. The molecule has 1 saturated carbocycles. The van der Waals surface area contributed by atoms with Crippen molar-refractivity contribution in [3.05, 3.63) is 73.1 Å². The summed E-state index contributed by atoms with van der Waals surface area (Å²) in [4.78, 5) is 34.4. The first-order valence-electron chi connectivity index (χ1n) is 13.3. The lowest BCUT2D eigenvalue weighted by molar-refractivity contribution is -0.120. The third-order valence-electron chi connectivity index (χ3n) is 7.44. The minimum atomic E-state index is -0.326. The molecule has 1 aliphatic carbocycles. The number of fused-ring (bicyclic) bond motifs is 2. The molecule has 1 amide bonds. The SMILES string of the molecule is O=C(Nc1cncc(-c2ccc3[nH]nc(-c4nc5c(-c6cccc(F)c6)cncc5[nH]4)c3n2)c1)C1CCCCC1. The Morgan fingerprint density at radius 1 is 0.875 bits per heavy atom. The fraction of sp³-hybridized carbons (Fsp3) is 0.200. The molecule has 6 aromatic rings. The number of benzene rings is 1. The van der Waals surface area contributed by atoms with Crippen molar-refractivity contribution < 1.29 is 9.18 Å². The first kappa shape index (κ1) is 24.1. The van der Waals surface area contributed by atoms with Gasteiger partial charge in [-0.15, -0.1) is 0 Å². The number of hydrogen-bond donors (Lipinski definition) is 3. The summed E-state index contributed by atoms with van der Waals surface area (Å²) in [6, 6.07) is 12.0. The molecule has 0 atom stereocenters. The molecule has 3 N–H and O–H groups in total. The van der Waals surface area contributed by atoms with Gasteiger partial charge in [0, 0.05) is 29.4 Å². The van der Waals surface area contributed by atoms with E-state index in [1.165, 1.54) is 18.6 Å². The number of halogens is 1. The van der Waals surface area contributed by atoms with E-state index in [1.54, 1.807) is 30.9 Å². The summed E-state index contributed by atoms with van der Waals surface area (Å²) >= 11 is 0. The van der Waals surface area contributed by atoms with E-state index in [1.807, 2.05) is 24.3 Å². The second-order valence-corrected chi connectivity index (χ2v) is 10.1. The van der Waals surface area contributed by atoms with Gasteiger partial charge < -0.3 is 10.3 Å². The van der Waals surface area contributed by atoms with Gasteiger partial charge in [0.2, 0.25) is 5.91 Å². The highest BCUT2D eigenvalue weighted by Crippen LogP contribution is 2.32. The largest absolute Gasteiger partial charge is 0.335 e. The van der Waals surface area contributed by atoms with Crippen LogP contribution in [0.2, 0.25) is 0 Å². The molecule has 0 bridgehead atoms. The lowest BCUT2D eigenvalue weighted by Crippen LogP contribution is -2.24. The molecule has 0 aliphatic heterocycles. The zero-order chi connectivity index (χ0) is 27.1. The van der Waals surface area contributed by atoms with Gasteiger partial charge >= 0.3 is 0 Å². The molecule has 198 valence electrons. The monoisotopic (exact) mass is 532 g/mol. The topological polar surface area (TPSA) is 125 Å². The number of nitrogens with zero attached hydrogens (tertiary/aromatic N) is 5. The van der Waals surface area contributed by atoms with Crippen molar-refractivity contribution >= 4 is 33.7 Å². The summed E-state index contributed by atoms with van der Waals surface area (Å²) in [5.74, 6) is 0.299. The van der Waals surface area contributed by atoms with Crippen molar-refractivity contribution in [3.8, 4) is 33.9 Å². The van der Waals surface area contributed by atoms with E-state index in [9.17, 15) is 9.18 Å². The molecule has 40 heavy (non-hydrogen) atoms. The van der Waals surface area contributed by atoms with Crippen LogP contribution in [0.5, 0.6) is 0 Å². The number of imidazole rings is 1. The molecular weight excluding hydrogens is 507 g/mol. The highest BCUT2D eigenvalue weighted by molar-refractivity contribution is 5.96. The van der Waals surface area contributed by atoms with Crippen molar-refractivity contribution in [2.75, 3.05) is 5.32 Å². The van der Waals surface area contributed by atoms with Crippen molar-refractivity contribution in [1.29, 1.82) is 0 Å². The average Bonchev–Trinajstić information content (AvgIpc) is 3.61. The van der Waals surface area contributed by atoms with Gasteiger partial charge in [-0.3, -0.25) is 19.9 Å². The van der Waals surface area contributed by atoms with Crippen LogP contribution >= 0.6 is 0 Å². The maximum atomic E-state index is 13.9. The van der Waals surface area contributed by atoms with Crippen LogP contribution in [0.25, 0.3) is 56.0 Å². The zero-order valence-corrected chi connectivity index (χ0v) is 21.5. The number of aromatic nitrogens is 7. The van der Waals surface area contributed by atoms with Gasteiger partial charge in [-0.25, -0.2) is 14.4 Å². The number of amides is 1. The Labute approximate surface area is 228 Å². The number of carbonyl (C=O) groups excluding carboxylic acids is 1. The van der Waals surface area contributed by atoms with E-state index in [2.05, 4.69) is 30.5 Å². The fourth-order valence-corrected chi connectivity index (χ4v) is 5.39. The van der Waals surface area contributed by atoms with E-state index < -0.39 is 0 Å². The molecule has 1 fully saturated rings. The summed E-state index contributed by atoms with van der Waals surface area (Å²) in [6.45, 7) is 0. The Bertz CT molecular complexity index is 1870. The first-order chi connectivity index (χ1) is 19.6. The molecule has 1 aliphatic rings. The molecule has 0 spiro atoms. The summed E-state index contributed by atoms with van der Waals surface area (Å²) in [7, 11) is 0. The Balaban J connectivity index is 1.23. The summed E-state index contributed by atoms with van der Waals surface area (Å²) in [5, 5.41) is 10.5. The van der Waals surface area contributed by atoms with Crippen LogP contribution in [0.1, 0.15) is 32.1 Å². The molecule has 10 heteroatoms. The quantitative estimate of drug-likeness (QED) is 0.240. The number of carbonyl (C=O) groups is 1. The molecule has 7 rings (SSSR count). The smallest absolute Gasteiger partial charge is 0.227 e. The number of H-pyrrole nitrogens is 2. The third kappa shape index (κ3) is 4.47. The van der Waals surface area contributed by atoms with Crippen LogP contribution in [0.15, 0.2) is 67.3 Å². The summed E-state index contributed by atoms with van der Waals surface area (Å²) in [6.07, 6.45) is 12.0. The molecule has 5 heterocycles. The number of hydrogen-bond acceptors (Lipinski definition) is 6. The van der Waals surface area contributed by atoms with Crippen LogP contribution in [0.4, 0.5) is 10.1 Å². The van der Waals surface area contributed by atoms with Gasteiger partial charge in [-0.05, 0) is 48.7 Å². The molecule has 0 radical (unpaired) electrons. The van der Waals surface area contributed by atoms with Crippen LogP contribution < -0.4 is 5.32 Å². The van der Waals surface area contributed by atoms with E-state index in [4.69, 9.17) is 9.97 Å². The predicted molar refractivity (Wildman–Crippen MR) is 151 cm³/mol. The Morgan fingerprint density at radius 3 is 2.62 bits per heavy atom. The Hall–Kier alpha value is -4.99. The molecule has 0 saturated heterocycles. The van der Waals surface area contributed by atoms with Crippen LogP contribution in [0, 0.1) is 11.7 Å². The van der Waals surface area contributed by atoms with Gasteiger partial charge in [0.1, 0.15) is 11.3 Å². The average molecular weight is 533 g/mol. The van der Waals surface area contributed by atoms with Crippen molar-refractivity contribution in [1.82, 2.24) is 35.1 Å². The van der Waals surface area contributed by atoms with E-state index in [0.717, 1.165) is 36.8 Å². The molecule has 0 unspecified atom stereocenters. The first-order valence-corrected chi connectivity index (χ1v) is 13.3. The Kier molecular flexibility index (Phi) is 5.99. The van der Waals surface area contributed by atoms with Gasteiger partial charge in [0.25, 0.3) is 0 Å². The van der Waals surface area contributed by atoms with Crippen molar-refractivity contribution in [2.45, 2.75) is 32.1 Å². The van der Waals surface area contributed by atoms with Gasteiger partial charge in [0.05, 0.1) is 40.3 Å². The Morgan fingerprint density at radius 2 is 1.75 bits per heavy atom. The number of nitrogens with one attached hydrogen (secondary N) is 3. The van der Waals surface area contributed by atoms with Crippen LogP contribution in [-0.4, -0.2) is 41.0 Å². The lowest BCUT2D eigenvalue weighted by atomic mass is 9.88. The van der Waals surface area contributed by atoms with Gasteiger partial charge in [-0.2, -0.15) is 5.10 Å². The minimum absolute atomic E-state index is 0.0520. The maximum Gasteiger partial charge on any atom is 0.227 e. The highest BCUT2D eigenvalue weighted by atomic mass is 19.1. The fourth-order valence-electron chi connectivity index (χ4n) is 5.39. The van der Waals surface area contributed by atoms with Crippen LogP contribution in [-0.2, 0) is 4.79 Å². The summed E-state index contributed by atoms with van der Waals surface area (Å²) in [5.41, 5.74) is 6.81. The van der Waals surface area contributed by atoms with Gasteiger partial charge in [-0.1, -0.05) is 31.4 Å². The number of aromatic amines is 2. The van der Waals surface area contributed by atoms with E-state index in [0.29, 0.717) is 50.6 Å². The maximum absolute atomic E-state index is 13.9. The van der Waals surface area contributed by atoms with Gasteiger partial charge in [0.15, 0.2) is 11.5 Å². The molecular formula is C30H25FN8O. The summed E-state index contributed by atoms with van der Waals surface area (Å²) < 4.78 is 13.9. The third-order valence-corrected chi connectivity index (χ3v) is 7.44.